The molecule has 3 heterocycles. The Kier molecular flexibility index (Phi) is 6.22. The highest BCUT2D eigenvalue weighted by Gasteiger charge is 2.27. The summed E-state index contributed by atoms with van der Waals surface area (Å²) in [6, 6.07) is 5.36. The van der Waals surface area contributed by atoms with Crippen LogP contribution in [0.3, 0.4) is 0 Å². The van der Waals surface area contributed by atoms with Crippen molar-refractivity contribution in [2.45, 2.75) is 51.0 Å². The predicted molar refractivity (Wildman–Crippen MR) is 126 cm³/mol. The Morgan fingerprint density at radius 1 is 1.19 bits per heavy atom. The van der Waals surface area contributed by atoms with Crippen LogP contribution in [-0.4, -0.2) is 31.1 Å². The van der Waals surface area contributed by atoms with Gasteiger partial charge in [-0.05, 0) is 62.3 Å². The molecule has 1 saturated heterocycles. The molecule has 2 N–H and O–H groups in total. The maximum Gasteiger partial charge on any atom is 0.254 e. The lowest BCUT2D eigenvalue weighted by molar-refractivity contribution is -0.115. The number of nitrogens with one attached hydrogen (secondary N) is 2. The van der Waals surface area contributed by atoms with Crippen LogP contribution in [0.15, 0.2) is 28.9 Å². The topological polar surface area (TPSA) is 80.6 Å². The third kappa shape index (κ3) is 4.42. The monoisotopic (exact) mass is 472 g/mol. The van der Waals surface area contributed by atoms with E-state index in [1.165, 1.54) is 16.2 Å². The van der Waals surface area contributed by atoms with Crippen molar-refractivity contribution in [1.29, 1.82) is 0 Å². The third-order valence-corrected chi connectivity index (χ3v) is 7.57. The molecular formula is C24H25ClN2O4S. The smallest absolute Gasteiger partial charge is 0.254 e. The highest BCUT2D eigenvalue weighted by atomic mass is 35.5. The molecule has 1 aliphatic heterocycles. The molecule has 8 heteroatoms. The van der Waals surface area contributed by atoms with E-state index in [0.29, 0.717) is 27.7 Å². The molecule has 1 aliphatic carbocycles. The number of anilines is 1. The largest absolute Gasteiger partial charge is 0.464 e. The van der Waals surface area contributed by atoms with Gasteiger partial charge in [0.2, 0.25) is 5.91 Å². The molecule has 1 aromatic carbocycles. The van der Waals surface area contributed by atoms with Gasteiger partial charge in [0.25, 0.3) is 5.91 Å². The Bertz CT molecular complexity index is 1160. The zero-order valence-corrected chi connectivity index (χ0v) is 19.2. The molecule has 0 radical (unpaired) electrons. The first-order valence-corrected chi connectivity index (χ1v) is 12.3. The first-order chi connectivity index (χ1) is 15.6. The molecule has 2 aliphatic rings. The molecule has 1 fully saturated rings. The molecule has 1 atom stereocenters. The van der Waals surface area contributed by atoms with E-state index < -0.39 is 0 Å². The van der Waals surface area contributed by atoms with E-state index in [2.05, 4.69) is 10.6 Å². The number of amides is 2. The van der Waals surface area contributed by atoms with Crippen LogP contribution in [0.1, 0.15) is 52.0 Å². The second kappa shape index (κ2) is 9.25. The zero-order valence-electron chi connectivity index (χ0n) is 17.7. The predicted octanol–water partition coefficient (Wildman–Crippen LogP) is 5.12. The van der Waals surface area contributed by atoms with E-state index in [-0.39, 0.29) is 24.3 Å². The number of thiophene rings is 1. The Morgan fingerprint density at radius 2 is 2.06 bits per heavy atom. The minimum Gasteiger partial charge on any atom is -0.464 e. The molecule has 0 bridgehead atoms. The first-order valence-electron chi connectivity index (χ1n) is 11.1. The van der Waals surface area contributed by atoms with Crippen LogP contribution in [0.2, 0.25) is 5.02 Å². The fourth-order valence-electron chi connectivity index (χ4n) is 4.53. The summed E-state index contributed by atoms with van der Waals surface area (Å²) in [5, 5.41) is 8.09. The minimum absolute atomic E-state index is 0.0765. The summed E-state index contributed by atoms with van der Waals surface area (Å²) in [4.78, 5) is 27.3. The molecule has 168 valence electrons. The molecular weight excluding hydrogens is 448 g/mol. The second-order valence-electron chi connectivity index (χ2n) is 8.39. The quantitative estimate of drug-likeness (QED) is 0.522. The number of carbonyl (C=O) groups is 2. The van der Waals surface area contributed by atoms with Crippen LogP contribution in [0.4, 0.5) is 5.00 Å². The van der Waals surface area contributed by atoms with Crippen molar-refractivity contribution in [2.75, 3.05) is 18.5 Å². The van der Waals surface area contributed by atoms with Crippen molar-refractivity contribution < 1.29 is 18.7 Å². The zero-order chi connectivity index (χ0) is 22.1. The van der Waals surface area contributed by atoms with Crippen LogP contribution in [0.25, 0.3) is 11.0 Å². The number of halogens is 1. The first kappa shape index (κ1) is 21.5. The van der Waals surface area contributed by atoms with E-state index in [1.54, 1.807) is 24.5 Å². The Hall–Kier alpha value is -2.35. The average Bonchev–Trinajstić information content (AvgIpc) is 3.51. The summed E-state index contributed by atoms with van der Waals surface area (Å²) in [5.41, 5.74) is 3.17. The van der Waals surface area contributed by atoms with E-state index >= 15 is 0 Å². The number of hydrogen-bond donors (Lipinski definition) is 2. The van der Waals surface area contributed by atoms with Crippen LogP contribution in [0, 0.1) is 0 Å². The lowest BCUT2D eigenvalue weighted by Gasteiger charge is -2.15. The van der Waals surface area contributed by atoms with Gasteiger partial charge in [-0.1, -0.05) is 11.6 Å². The SMILES string of the molecule is O=C(Cc1coc2ccc(Cl)cc12)Nc1sc2c(c1C(=O)NCC1CCCO1)CCCC2. The van der Waals surface area contributed by atoms with Crippen molar-refractivity contribution >= 4 is 50.7 Å². The van der Waals surface area contributed by atoms with Gasteiger partial charge in [-0.2, -0.15) is 0 Å². The third-order valence-electron chi connectivity index (χ3n) is 6.13. The van der Waals surface area contributed by atoms with Crippen molar-refractivity contribution in [3.63, 3.8) is 0 Å². The molecule has 32 heavy (non-hydrogen) atoms. The Morgan fingerprint density at radius 3 is 2.91 bits per heavy atom. The van der Waals surface area contributed by atoms with Crippen LogP contribution in [0.5, 0.6) is 0 Å². The number of furan rings is 1. The molecule has 0 spiro atoms. The number of hydrogen-bond acceptors (Lipinski definition) is 5. The molecule has 1 unspecified atom stereocenters. The number of aryl methyl sites for hydroxylation is 1. The van der Waals surface area contributed by atoms with Gasteiger partial charge in [-0.3, -0.25) is 9.59 Å². The van der Waals surface area contributed by atoms with Crippen LogP contribution >= 0.6 is 22.9 Å². The fraction of sp³-hybridized carbons (Fsp3) is 0.417. The molecule has 0 saturated carbocycles. The van der Waals surface area contributed by atoms with Gasteiger partial charge in [0.05, 0.1) is 24.4 Å². The van der Waals surface area contributed by atoms with Gasteiger partial charge in [0.1, 0.15) is 10.6 Å². The van der Waals surface area contributed by atoms with Crippen molar-refractivity contribution in [2.24, 2.45) is 0 Å². The number of carbonyl (C=O) groups excluding carboxylic acids is 2. The van der Waals surface area contributed by atoms with Gasteiger partial charge >= 0.3 is 0 Å². The van der Waals surface area contributed by atoms with Crippen molar-refractivity contribution in [3.05, 3.63) is 51.1 Å². The van der Waals surface area contributed by atoms with E-state index in [1.807, 2.05) is 0 Å². The van der Waals surface area contributed by atoms with Gasteiger partial charge in [-0.15, -0.1) is 11.3 Å². The van der Waals surface area contributed by atoms with Gasteiger partial charge in [0.15, 0.2) is 0 Å². The molecule has 6 nitrogen and oxygen atoms in total. The summed E-state index contributed by atoms with van der Waals surface area (Å²) < 4.78 is 11.2. The number of ether oxygens (including phenoxy) is 1. The van der Waals surface area contributed by atoms with Crippen LogP contribution in [-0.2, 0) is 28.8 Å². The van der Waals surface area contributed by atoms with Gasteiger partial charge in [-0.25, -0.2) is 0 Å². The number of rotatable bonds is 6. The maximum atomic E-state index is 13.1. The minimum atomic E-state index is -0.181. The van der Waals surface area contributed by atoms with E-state index in [0.717, 1.165) is 61.6 Å². The number of benzene rings is 1. The fourth-order valence-corrected chi connectivity index (χ4v) is 6.00. The standard InChI is InChI=1S/C24H25ClN2O4S/c25-15-7-8-19-18(11-15)14(13-31-19)10-21(28)27-24-22(17-5-1-2-6-20(17)32-24)23(29)26-12-16-4-3-9-30-16/h7-8,11,13,16H,1-6,9-10,12H2,(H,26,29)(H,27,28). The summed E-state index contributed by atoms with van der Waals surface area (Å²) in [6.45, 7) is 1.25. The van der Waals surface area contributed by atoms with E-state index in [9.17, 15) is 9.59 Å². The maximum absolute atomic E-state index is 13.1. The molecule has 5 rings (SSSR count). The Balaban J connectivity index is 1.35. The lowest BCUT2D eigenvalue weighted by atomic mass is 9.95. The van der Waals surface area contributed by atoms with Crippen molar-refractivity contribution in [3.8, 4) is 0 Å². The summed E-state index contributed by atoms with van der Waals surface area (Å²) in [7, 11) is 0. The van der Waals surface area contributed by atoms with Gasteiger partial charge < -0.3 is 19.8 Å². The highest BCUT2D eigenvalue weighted by Crippen LogP contribution is 2.38. The molecule has 2 amide bonds. The van der Waals surface area contributed by atoms with Crippen LogP contribution < -0.4 is 10.6 Å². The van der Waals surface area contributed by atoms with Gasteiger partial charge in [0, 0.05) is 34.0 Å². The van der Waals surface area contributed by atoms with E-state index in [4.69, 9.17) is 20.8 Å². The summed E-state index contributed by atoms with van der Waals surface area (Å²) >= 11 is 7.64. The lowest BCUT2D eigenvalue weighted by Crippen LogP contribution is -2.32. The highest BCUT2D eigenvalue weighted by molar-refractivity contribution is 7.17. The summed E-state index contributed by atoms with van der Waals surface area (Å²) in [5.74, 6) is -0.310. The molecule has 3 aromatic rings. The molecule has 2 aromatic heterocycles. The summed E-state index contributed by atoms with van der Waals surface area (Å²) in [6.07, 6.45) is 7.81. The number of fused-ring (bicyclic) bond motifs is 2. The normalized spacial score (nSPS) is 18.0. The second-order valence-corrected chi connectivity index (χ2v) is 9.93. The average molecular weight is 473 g/mol. The van der Waals surface area contributed by atoms with Crippen molar-refractivity contribution in [1.82, 2.24) is 5.32 Å². The Labute approximate surface area is 195 Å².